The lowest BCUT2D eigenvalue weighted by Gasteiger charge is -2.21. The van der Waals surface area contributed by atoms with Crippen LogP contribution in [0.5, 0.6) is 0 Å². The SMILES string of the molecule is CC/C=C\C/C=C\C/C=C\C/C=C\C/C=C\CCCC(=O)OCC(COP(=O)(O)OCC(O)COP(=O)(O)OCC(COC(=O)CCCCCCCCC/C=C\C/C=C\C/C=C\CC)OC(=O)CCCCCCC/C=C\CCCCCC)OC(=O)CCCC/C=C\C/C=C\C/C=C\C/C=C\CC. The lowest BCUT2D eigenvalue weighted by molar-refractivity contribution is -0.161. The van der Waals surface area contributed by atoms with Crippen LogP contribution in [0.25, 0.3) is 0 Å². The molecule has 5 atom stereocenters. The molecule has 0 radical (unpaired) electrons. The first kappa shape index (κ1) is 96.7. The van der Waals surface area contributed by atoms with Gasteiger partial charge in [-0.25, -0.2) is 9.13 Å². The van der Waals surface area contributed by atoms with E-state index < -0.39 is 97.5 Å². The summed E-state index contributed by atoms with van der Waals surface area (Å²) in [6.07, 6.45) is 85.3. The molecule has 0 spiro atoms. The Morgan fingerprint density at radius 2 is 0.520 bits per heavy atom. The third-order valence-corrected chi connectivity index (χ3v) is 17.4. The zero-order valence-corrected chi connectivity index (χ0v) is 65.0. The molecule has 5 unspecified atom stereocenters. The predicted octanol–water partition coefficient (Wildman–Crippen LogP) is 22.4. The Morgan fingerprint density at radius 1 is 0.284 bits per heavy atom. The molecule has 3 N–H and O–H groups in total. The molecule has 0 aliphatic carbocycles. The van der Waals surface area contributed by atoms with Crippen molar-refractivity contribution in [3.8, 4) is 0 Å². The van der Waals surface area contributed by atoms with E-state index in [0.29, 0.717) is 38.5 Å². The van der Waals surface area contributed by atoms with Gasteiger partial charge in [-0.05, 0) is 161 Å². The summed E-state index contributed by atoms with van der Waals surface area (Å²) in [6.45, 7) is 4.37. The van der Waals surface area contributed by atoms with Crippen molar-refractivity contribution in [2.45, 2.75) is 303 Å². The number of phosphoric ester groups is 2. The third kappa shape index (κ3) is 73.0. The number of aliphatic hydroxyl groups is 1. The second-order valence-electron chi connectivity index (χ2n) is 25.1. The number of allylic oxidation sites excluding steroid dienone is 26. The van der Waals surface area contributed by atoms with E-state index in [1.165, 1.54) is 25.7 Å². The quantitative estimate of drug-likeness (QED) is 0.0169. The molecule has 0 saturated carbocycles. The number of hydrogen-bond donors (Lipinski definition) is 3. The van der Waals surface area contributed by atoms with Crippen molar-refractivity contribution < 1.29 is 80.2 Å². The maximum Gasteiger partial charge on any atom is 0.472 e. The van der Waals surface area contributed by atoms with Crippen LogP contribution in [0, 0.1) is 0 Å². The average molecular weight is 1470 g/mol. The van der Waals surface area contributed by atoms with Gasteiger partial charge in [0.05, 0.1) is 26.4 Å². The minimum absolute atomic E-state index is 0.0250. The lowest BCUT2D eigenvalue weighted by atomic mass is 10.1. The van der Waals surface area contributed by atoms with Gasteiger partial charge in [0.15, 0.2) is 12.2 Å². The Balaban J connectivity index is 5.45. The molecule has 102 heavy (non-hydrogen) atoms. The maximum atomic E-state index is 13.1. The van der Waals surface area contributed by atoms with E-state index in [2.05, 4.69) is 174 Å². The Labute approximate surface area is 617 Å². The van der Waals surface area contributed by atoms with Crippen LogP contribution in [-0.2, 0) is 65.4 Å². The van der Waals surface area contributed by atoms with E-state index in [1.54, 1.807) is 0 Å². The smallest absolute Gasteiger partial charge is 0.462 e. The van der Waals surface area contributed by atoms with Gasteiger partial charge in [0.25, 0.3) is 0 Å². The van der Waals surface area contributed by atoms with Crippen LogP contribution in [0.1, 0.15) is 285 Å². The van der Waals surface area contributed by atoms with Gasteiger partial charge in [-0.15, -0.1) is 0 Å². The lowest BCUT2D eigenvalue weighted by Crippen LogP contribution is -2.30. The van der Waals surface area contributed by atoms with Crippen LogP contribution in [0.2, 0.25) is 0 Å². The number of ether oxygens (including phenoxy) is 4. The van der Waals surface area contributed by atoms with Crippen molar-refractivity contribution in [3.63, 3.8) is 0 Å². The van der Waals surface area contributed by atoms with Crippen LogP contribution in [0.4, 0.5) is 0 Å². The van der Waals surface area contributed by atoms with Crippen molar-refractivity contribution in [3.05, 3.63) is 158 Å². The van der Waals surface area contributed by atoms with Gasteiger partial charge in [0.1, 0.15) is 19.3 Å². The highest BCUT2D eigenvalue weighted by molar-refractivity contribution is 7.47. The topological polar surface area (TPSA) is 237 Å². The summed E-state index contributed by atoms with van der Waals surface area (Å²) < 4.78 is 68.4. The zero-order valence-electron chi connectivity index (χ0n) is 63.2. The third-order valence-electron chi connectivity index (χ3n) is 15.5. The summed E-state index contributed by atoms with van der Waals surface area (Å²) >= 11 is 0. The molecule has 0 aromatic heterocycles. The number of phosphoric acid groups is 2. The number of aliphatic hydroxyl groups excluding tert-OH is 1. The molecule has 0 bridgehead atoms. The first-order valence-corrected chi connectivity index (χ1v) is 41.7. The molecule has 0 fully saturated rings. The Hall–Kier alpha value is -5.32. The molecule has 0 aromatic carbocycles. The summed E-state index contributed by atoms with van der Waals surface area (Å²) in [5.74, 6) is -2.32. The molecule has 0 aliphatic heterocycles. The molecule has 0 rings (SSSR count). The normalized spacial score (nSPS) is 14.8. The number of rotatable bonds is 71. The minimum atomic E-state index is -5.01. The van der Waals surface area contributed by atoms with Crippen molar-refractivity contribution in [2.24, 2.45) is 0 Å². The van der Waals surface area contributed by atoms with Gasteiger partial charge in [0, 0.05) is 25.7 Å². The highest BCUT2D eigenvalue weighted by Gasteiger charge is 2.30. The van der Waals surface area contributed by atoms with Crippen molar-refractivity contribution >= 4 is 39.5 Å². The standard InChI is InChI=1S/C83H136O17P2/c1-5-9-13-17-21-25-29-33-36-38-41-44-47-51-55-59-63-67-80(85)93-73-78(99-82(87)69-65-61-57-53-49-43-32-28-24-20-16-12-8-4)75-97-101(89,90)95-71-77(84)72-96-102(91,92)98-76-79(100-83(88)70-66-62-58-54-50-46-40-35-31-27-23-19-15-11-7-3)74-94-81(86)68-64-60-56-52-48-45-42-39-37-34-30-26-22-18-14-10-6-2/h9-11,13-15,21-23,25-28,32-37,40,42,45,50,52,54,56,77-79,84H,5-8,12,16-20,24,29-31,38-39,41,43-44,46-49,51,53,55,57-76H2,1-4H3,(H,89,90)(H,91,92)/b13-9-,14-10-,15-11-,25-21-,26-22-,27-23-,32-28-,36-33-,37-34-,40-35-,45-42-,54-50-,56-52-. The number of carbonyl (C=O) groups is 4. The van der Waals surface area contributed by atoms with Crippen molar-refractivity contribution in [1.29, 1.82) is 0 Å². The Bertz CT molecular complexity index is 2550. The van der Waals surface area contributed by atoms with Crippen LogP contribution in [0.15, 0.2) is 158 Å². The van der Waals surface area contributed by atoms with Crippen molar-refractivity contribution in [1.82, 2.24) is 0 Å². The summed E-state index contributed by atoms with van der Waals surface area (Å²) in [5, 5.41) is 10.6. The minimum Gasteiger partial charge on any atom is -0.462 e. The number of hydrogen-bond acceptors (Lipinski definition) is 15. The van der Waals surface area contributed by atoms with E-state index in [9.17, 15) is 43.2 Å². The maximum absolute atomic E-state index is 13.1. The van der Waals surface area contributed by atoms with Crippen LogP contribution in [0.3, 0.4) is 0 Å². The van der Waals surface area contributed by atoms with E-state index in [0.717, 1.165) is 167 Å². The first-order chi connectivity index (χ1) is 49.7. The van der Waals surface area contributed by atoms with Crippen LogP contribution >= 0.6 is 15.6 Å². The summed E-state index contributed by atoms with van der Waals surface area (Å²) in [7, 11) is -10.00. The number of esters is 4. The average Bonchev–Trinajstić information content (AvgIpc) is 0.939. The van der Waals surface area contributed by atoms with Gasteiger partial charge < -0.3 is 33.8 Å². The molecular weight excluding hydrogens is 1330 g/mol. The number of unbranched alkanes of at least 4 members (excludes halogenated alkanes) is 19. The van der Waals surface area contributed by atoms with Gasteiger partial charge in [-0.3, -0.25) is 37.3 Å². The van der Waals surface area contributed by atoms with Gasteiger partial charge >= 0.3 is 39.5 Å². The molecular formula is C83H136O17P2. The number of carbonyl (C=O) groups excluding carboxylic acids is 4. The first-order valence-electron chi connectivity index (χ1n) is 38.7. The molecule has 17 nitrogen and oxygen atoms in total. The second kappa shape index (κ2) is 74.0. The van der Waals surface area contributed by atoms with Gasteiger partial charge in [-0.1, -0.05) is 256 Å². The zero-order chi connectivity index (χ0) is 74.6. The van der Waals surface area contributed by atoms with E-state index in [1.807, 2.05) is 12.2 Å². The van der Waals surface area contributed by atoms with Crippen LogP contribution < -0.4 is 0 Å². The summed E-state index contributed by atoms with van der Waals surface area (Å²) in [4.78, 5) is 72.9. The van der Waals surface area contributed by atoms with E-state index in [-0.39, 0.29) is 25.7 Å². The highest BCUT2D eigenvalue weighted by atomic mass is 31.2. The molecule has 0 aromatic rings. The predicted molar refractivity (Wildman–Crippen MR) is 417 cm³/mol. The molecule has 0 saturated heterocycles. The molecule has 0 amide bonds. The summed E-state index contributed by atoms with van der Waals surface area (Å²) in [6, 6.07) is 0. The monoisotopic (exact) mass is 1470 g/mol. The van der Waals surface area contributed by atoms with Crippen LogP contribution in [-0.4, -0.2) is 96.7 Å². The largest absolute Gasteiger partial charge is 0.472 e. The Kier molecular flexibility index (Phi) is 70.1. The fourth-order valence-corrected chi connectivity index (χ4v) is 11.2. The fraction of sp³-hybridized carbons (Fsp3) is 0.639. The van der Waals surface area contributed by atoms with E-state index >= 15 is 0 Å². The van der Waals surface area contributed by atoms with E-state index in [4.69, 9.17) is 37.0 Å². The summed E-state index contributed by atoms with van der Waals surface area (Å²) in [5.41, 5.74) is 0. The molecule has 19 heteroatoms. The second-order valence-corrected chi connectivity index (χ2v) is 28.1. The Morgan fingerprint density at radius 3 is 0.853 bits per heavy atom. The molecule has 0 aliphatic rings. The van der Waals surface area contributed by atoms with Crippen molar-refractivity contribution in [2.75, 3.05) is 39.6 Å². The van der Waals surface area contributed by atoms with Gasteiger partial charge in [-0.2, -0.15) is 0 Å². The molecule has 0 heterocycles. The molecule has 580 valence electrons. The fourth-order valence-electron chi connectivity index (χ4n) is 9.67. The van der Waals surface area contributed by atoms with Gasteiger partial charge in [0.2, 0.25) is 0 Å². The highest BCUT2D eigenvalue weighted by Crippen LogP contribution is 2.45.